The van der Waals surface area contributed by atoms with Crippen molar-refractivity contribution in [1.82, 2.24) is 9.80 Å². The molecule has 1 aliphatic rings. The summed E-state index contributed by atoms with van der Waals surface area (Å²) in [4.78, 5) is 5.10. The Morgan fingerprint density at radius 2 is 1.88 bits per heavy atom. The first-order valence-electron chi connectivity index (χ1n) is 6.35. The monoisotopic (exact) mass is 250 g/mol. The van der Waals surface area contributed by atoms with Crippen LogP contribution in [0.25, 0.3) is 0 Å². The summed E-state index contributed by atoms with van der Waals surface area (Å²) >= 11 is 0. The quantitative estimate of drug-likeness (QED) is 0.469. The third-order valence-electron chi connectivity index (χ3n) is 3.31. The molecule has 1 aliphatic heterocycles. The average molecular weight is 250 g/mol. The van der Waals surface area contributed by atoms with E-state index in [-0.39, 0.29) is 51.4 Å². The van der Waals surface area contributed by atoms with Crippen LogP contribution in [0.3, 0.4) is 0 Å². The Hall–Kier alpha value is 1.56. The molecule has 0 amide bonds. The second-order valence-electron chi connectivity index (χ2n) is 5.26. The second kappa shape index (κ2) is 9.48. The van der Waals surface area contributed by atoms with Crippen molar-refractivity contribution in [3.8, 4) is 0 Å². The molecule has 0 N–H and O–H groups in total. The largest absolute Gasteiger partial charge is 1.00 e. The van der Waals surface area contributed by atoms with Crippen LogP contribution in [-0.2, 0) is 0 Å². The number of nitrogens with zero attached hydrogens (tertiary/aromatic N) is 2. The second-order valence-corrected chi connectivity index (χ2v) is 5.26. The standard InChI is InChI=1S/C13H27N2.K/c1-5-8-15-9-6-13(7-10-15)14(4)11-12(2)3;/h12-13H,1,5-11H2,2-4H3;/q-1;+1. The molecule has 2 nitrogen and oxygen atoms in total. The van der Waals surface area contributed by atoms with Crippen LogP contribution >= 0.6 is 0 Å². The summed E-state index contributed by atoms with van der Waals surface area (Å²) in [6.45, 7) is 13.5. The molecule has 0 bridgehead atoms. The van der Waals surface area contributed by atoms with E-state index in [0.29, 0.717) is 0 Å². The van der Waals surface area contributed by atoms with Crippen molar-refractivity contribution in [1.29, 1.82) is 0 Å². The van der Waals surface area contributed by atoms with Gasteiger partial charge in [-0.1, -0.05) is 13.8 Å². The Balaban J connectivity index is 0.00000225. The SMILES string of the molecule is [CH2-]CCN1CCC(N(C)CC(C)C)CC1.[K+]. The maximum absolute atomic E-state index is 3.92. The Labute approximate surface area is 145 Å². The van der Waals surface area contributed by atoms with Gasteiger partial charge in [-0.05, 0) is 45.4 Å². The zero-order chi connectivity index (χ0) is 11.3. The number of rotatable bonds is 5. The Kier molecular flexibility index (Phi) is 10.4. The van der Waals surface area contributed by atoms with Crippen LogP contribution in [0.2, 0.25) is 0 Å². The third-order valence-corrected chi connectivity index (χ3v) is 3.31. The van der Waals surface area contributed by atoms with Gasteiger partial charge in [0.25, 0.3) is 0 Å². The van der Waals surface area contributed by atoms with Gasteiger partial charge < -0.3 is 16.7 Å². The van der Waals surface area contributed by atoms with Crippen molar-refractivity contribution in [2.45, 2.75) is 39.2 Å². The number of hydrogen-bond donors (Lipinski definition) is 0. The van der Waals surface area contributed by atoms with Gasteiger partial charge in [0.05, 0.1) is 0 Å². The van der Waals surface area contributed by atoms with Gasteiger partial charge in [-0.3, -0.25) is 0 Å². The average Bonchev–Trinajstić information content (AvgIpc) is 2.18. The summed E-state index contributed by atoms with van der Waals surface area (Å²) in [5.74, 6) is 0.785. The molecule has 1 saturated heterocycles. The van der Waals surface area contributed by atoms with Gasteiger partial charge in [-0.15, -0.1) is 0 Å². The van der Waals surface area contributed by atoms with E-state index in [1.165, 1.54) is 39.0 Å². The zero-order valence-corrected chi connectivity index (χ0v) is 14.8. The van der Waals surface area contributed by atoms with Crippen molar-refractivity contribution in [3.05, 3.63) is 6.92 Å². The summed E-state index contributed by atoms with van der Waals surface area (Å²) in [5.41, 5.74) is 0. The Morgan fingerprint density at radius 1 is 1.31 bits per heavy atom. The van der Waals surface area contributed by atoms with E-state index in [1.54, 1.807) is 0 Å². The molecule has 1 rings (SSSR count). The molecule has 0 aromatic carbocycles. The van der Waals surface area contributed by atoms with Crippen LogP contribution < -0.4 is 51.4 Å². The number of likely N-dealkylation sites (tertiary alicyclic amines) is 1. The fourth-order valence-corrected chi connectivity index (χ4v) is 2.53. The van der Waals surface area contributed by atoms with Gasteiger partial charge in [-0.2, -0.15) is 6.42 Å². The Bertz CT molecular complexity index is 165. The first kappa shape index (κ1) is 17.6. The first-order valence-corrected chi connectivity index (χ1v) is 6.35. The Morgan fingerprint density at radius 3 is 2.31 bits per heavy atom. The van der Waals surface area contributed by atoms with Crippen LogP contribution in [0.5, 0.6) is 0 Å². The zero-order valence-electron chi connectivity index (χ0n) is 11.7. The predicted molar refractivity (Wildman–Crippen MR) is 66.9 cm³/mol. The van der Waals surface area contributed by atoms with Crippen molar-refractivity contribution < 1.29 is 51.4 Å². The molecule has 1 fully saturated rings. The van der Waals surface area contributed by atoms with Gasteiger partial charge in [0.15, 0.2) is 0 Å². The molecule has 16 heavy (non-hydrogen) atoms. The van der Waals surface area contributed by atoms with Gasteiger partial charge in [0, 0.05) is 12.6 Å². The van der Waals surface area contributed by atoms with Gasteiger partial charge in [-0.25, -0.2) is 0 Å². The summed E-state index contributed by atoms with van der Waals surface area (Å²) in [5, 5.41) is 0. The van der Waals surface area contributed by atoms with E-state index in [2.05, 4.69) is 37.6 Å². The van der Waals surface area contributed by atoms with Crippen LogP contribution in [0, 0.1) is 12.8 Å². The molecular formula is C13H27KN2. The minimum absolute atomic E-state index is 0. The molecule has 0 saturated carbocycles. The minimum atomic E-state index is 0. The van der Waals surface area contributed by atoms with Gasteiger partial charge in [0.2, 0.25) is 0 Å². The predicted octanol–water partition coefficient (Wildman–Crippen LogP) is -0.733. The maximum atomic E-state index is 3.92. The molecule has 90 valence electrons. The normalized spacial score (nSPS) is 19.1. The van der Waals surface area contributed by atoms with Gasteiger partial charge >= 0.3 is 51.4 Å². The van der Waals surface area contributed by atoms with E-state index in [0.717, 1.165) is 18.4 Å². The van der Waals surface area contributed by atoms with Crippen LogP contribution in [0.15, 0.2) is 0 Å². The van der Waals surface area contributed by atoms with E-state index in [1.807, 2.05) is 0 Å². The topological polar surface area (TPSA) is 6.48 Å². The number of piperidine rings is 1. The van der Waals surface area contributed by atoms with Crippen LogP contribution in [0.1, 0.15) is 33.1 Å². The van der Waals surface area contributed by atoms with Crippen LogP contribution in [-0.4, -0.2) is 49.1 Å². The third kappa shape index (κ3) is 6.48. The van der Waals surface area contributed by atoms with Crippen molar-refractivity contribution in [3.63, 3.8) is 0 Å². The molecule has 0 radical (unpaired) electrons. The summed E-state index contributed by atoms with van der Waals surface area (Å²) in [6, 6.07) is 0.813. The fraction of sp³-hybridized carbons (Fsp3) is 0.923. The summed E-state index contributed by atoms with van der Waals surface area (Å²) in [6.07, 6.45) is 3.72. The maximum Gasteiger partial charge on any atom is 1.00 e. The molecule has 0 spiro atoms. The summed E-state index contributed by atoms with van der Waals surface area (Å²) in [7, 11) is 2.28. The molecular weight excluding hydrogens is 223 g/mol. The molecule has 3 heteroatoms. The molecule has 0 aromatic heterocycles. The van der Waals surface area contributed by atoms with E-state index in [9.17, 15) is 0 Å². The van der Waals surface area contributed by atoms with E-state index < -0.39 is 0 Å². The van der Waals surface area contributed by atoms with Crippen molar-refractivity contribution in [2.24, 2.45) is 5.92 Å². The van der Waals surface area contributed by atoms with Crippen molar-refractivity contribution in [2.75, 3.05) is 33.2 Å². The molecule has 0 atom stereocenters. The number of hydrogen-bond acceptors (Lipinski definition) is 2. The molecule has 0 aromatic rings. The smallest absolute Gasteiger partial charge is 0.342 e. The molecule has 0 unspecified atom stereocenters. The minimum Gasteiger partial charge on any atom is -0.342 e. The fourth-order valence-electron chi connectivity index (χ4n) is 2.53. The first-order chi connectivity index (χ1) is 7.13. The molecule has 1 heterocycles. The van der Waals surface area contributed by atoms with Crippen molar-refractivity contribution >= 4 is 0 Å². The summed E-state index contributed by atoms with van der Waals surface area (Å²) < 4.78 is 0. The van der Waals surface area contributed by atoms with E-state index in [4.69, 9.17) is 0 Å². The van der Waals surface area contributed by atoms with Gasteiger partial charge in [0.1, 0.15) is 0 Å². The molecule has 0 aliphatic carbocycles. The van der Waals surface area contributed by atoms with Crippen LogP contribution in [0.4, 0.5) is 0 Å². The van der Waals surface area contributed by atoms with E-state index >= 15 is 0 Å².